The van der Waals surface area contributed by atoms with Gasteiger partial charge >= 0.3 is 5.97 Å². The maximum Gasteiger partial charge on any atom is 0.349 e. The molecule has 0 spiro atoms. The Bertz CT molecular complexity index is 991. The minimum Gasteiger partial charge on any atom is -0.495 e. The van der Waals surface area contributed by atoms with E-state index in [4.69, 9.17) is 21.1 Å². The number of nitriles is 1. The minimum atomic E-state index is -1.13. The molecule has 2 aromatic rings. The number of anilines is 1. The van der Waals surface area contributed by atoms with E-state index in [-0.39, 0.29) is 5.57 Å². The lowest BCUT2D eigenvalue weighted by molar-refractivity contribution is -0.148. The summed E-state index contributed by atoms with van der Waals surface area (Å²) in [6.45, 7) is 5.14. The molecule has 0 heterocycles. The summed E-state index contributed by atoms with van der Waals surface area (Å²) in [5.41, 5.74) is 2.69. The number of amides is 1. The van der Waals surface area contributed by atoms with Crippen LogP contribution < -0.4 is 10.1 Å². The number of rotatable bonds is 6. The van der Waals surface area contributed by atoms with Crippen LogP contribution in [0.3, 0.4) is 0 Å². The Morgan fingerprint density at radius 2 is 1.86 bits per heavy atom. The number of benzene rings is 2. The molecule has 0 fully saturated rings. The average Bonchev–Trinajstić information content (AvgIpc) is 2.69. The number of halogens is 1. The van der Waals surface area contributed by atoms with Gasteiger partial charge in [-0.25, -0.2) is 4.79 Å². The number of esters is 1. The molecule has 0 aromatic heterocycles. The van der Waals surface area contributed by atoms with Crippen LogP contribution in [-0.2, 0) is 14.3 Å². The Morgan fingerprint density at radius 1 is 1.21 bits per heavy atom. The highest BCUT2D eigenvalue weighted by Crippen LogP contribution is 2.31. The van der Waals surface area contributed by atoms with E-state index in [0.717, 1.165) is 11.1 Å². The topological polar surface area (TPSA) is 88.4 Å². The first-order chi connectivity index (χ1) is 13.7. The average molecular weight is 413 g/mol. The van der Waals surface area contributed by atoms with Crippen molar-refractivity contribution in [2.24, 2.45) is 0 Å². The van der Waals surface area contributed by atoms with Crippen LogP contribution >= 0.6 is 11.6 Å². The number of hydrogen-bond donors (Lipinski definition) is 1. The third-order valence-corrected chi connectivity index (χ3v) is 4.53. The van der Waals surface area contributed by atoms with E-state index in [0.29, 0.717) is 22.0 Å². The molecule has 29 heavy (non-hydrogen) atoms. The second kappa shape index (κ2) is 9.76. The van der Waals surface area contributed by atoms with Crippen LogP contribution in [0.5, 0.6) is 5.75 Å². The molecule has 1 amide bonds. The van der Waals surface area contributed by atoms with Gasteiger partial charge in [0.05, 0.1) is 12.8 Å². The van der Waals surface area contributed by atoms with Gasteiger partial charge in [0.2, 0.25) is 0 Å². The third kappa shape index (κ3) is 5.84. The largest absolute Gasteiger partial charge is 0.495 e. The van der Waals surface area contributed by atoms with Crippen molar-refractivity contribution >= 4 is 35.2 Å². The van der Waals surface area contributed by atoms with Gasteiger partial charge in [0.15, 0.2) is 6.10 Å². The molecule has 6 nitrogen and oxygen atoms in total. The van der Waals surface area contributed by atoms with Crippen LogP contribution in [0.4, 0.5) is 5.69 Å². The second-order valence-electron chi connectivity index (χ2n) is 6.42. The summed E-state index contributed by atoms with van der Waals surface area (Å²) >= 11 is 6.06. The number of aryl methyl sites for hydroxylation is 2. The lowest BCUT2D eigenvalue weighted by Gasteiger charge is -2.16. The molecular formula is C22H21ClN2O4. The van der Waals surface area contributed by atoms with Gasteiger partial charge in [-0.1, -0.05) is 41.4 Å². The smallest absolute Gasteiger partial charge is 0.349 e. The maximum atomic E-state index is 12.4. The van der Waals surface area contributed by atoms with Crippen LogP contribution in [0.1, 0.15) is 23.6 Å². The zero-order valence-electron chi connectivity index (χ0n) is 16.6. The van der Waals surface area contributed by atoms with Gasteiger partial charge < -0.3 is 14.8 Å². The number of carbonyl (C=O) groups excluding carboxylic acids is 2. The van der Waals surface area contributed by atoms with E-state index in [1.165, 1.54) is 20.1 Å². The zero-order valence-corrected chi connectivity index (χ0v) is 17.3. The maximum absolute atomic E-state index is 12.4. The van der Waals surface area contributed by atoms with Gasteiger partial charge in [-0.2, -0.15) is 5.26 Å². The molecule has 0 aliphatic heterocycles. The fourth-order valence-electron chi connectivity index (χ4n) is 2.41. The number of nitrogens with zero attached hydrogens (tertiary/aromatic N) is 1. The highest BCUT2D eigenvalue weighted by molar-refractivity contribution is 6.31. The van der Waals surface area contributed by atoms with Crippen LogP contribution in [0.25, 0.3) is 6.08 Å². The van der Waals surface area contributed by atoms with Crippen LogP contribution in [0.15, 0.2) is 42.0 Å². The molecule has 1 N–H and O–H groups in total. The molecule has 2 rings (SSSR count). The van der Waals surface area contributed by atoms with E-state index in [1.807, 2.05) is 25.1 Å². The van der Waals surface area contributed by atoms with Crippen molar-refractivity contribution in [2.45, 2.75) is 26.9 Å². The van der Waals surface area contributed by atoms with Crippen molar-refractivity contribution in [3.05, 3.63) is 63.7 Å². The van der Waals surface area contributed by atoms with Crippen molar-refractivity contribution in [3.63, 3.8) is 0 Å². The van der Waals surface area contributed by atoms with E-state index < -0.39 is 18.0 Å². The Labute approximate surface area is 174 Å². The highest BCUT2D eigenvalue weighted by Gasteiger charge is 2.22. The monoisotopic (exact) mass is 412 g/mol. The Kier molecular flexibility index (Phi) is 7.40. The van der Waals surface area contributed by atoms with Gasteiger partial charge in [-0.05, 0) is 44.0 Å². The first-order valence-corrected chi connectivity index (χ1v) is 9.17. The van der Waals surface area contributed by atoms with Gasteiger partial charge in [0.1, 0.15) is 17.4 Å². The first kappa shape index (κ1) is 22.0. The summed E-state index contributed by atoms with van der Waals surface area (Å²) in [5, 5.41) is 12.4. The molecule has 0 aliphatic carbocycles. The normalized spacial score (nSPS) is 11.9. The van der Waals surface area contributed by atoms with Crippen molar-refractivity contribution in [1.29, 1.82) is 5.26 Å². The molecule has 0 unspecified atom stereocenters. The van der Waals surface area contributed by atoms with Crippen LogP contribution in [0.2, 0.25) is 5.02 Å². The second-order valence-corrected chi connectivity index (χ2v) is 6.83. The minimum absolute atomic E-state index is 0.201. The van der Waals surface area contributed by atoms with E-state index >= 15 is 0 Å². The van der Waals surface area contributed by atoms with Crippen molar-refractivity contribution in [2.75, 3.05) is 12.4 Å². The fraction of sp³-hybridized carbons (Fsp3) is 0.227. The summed E-state index contributed by atoms with van der Waals surface area (Å²) < 4.78 is 10.4. The molecule has 0 saturated carbocycles. The molecule has 150 valence electrons. The Balaban J connectivity index is 2.10. The van der Waals surface area contributed by atoms with E-state index in [2.05, 4.69) is 5.32 Å². The Morgan fingerprint density at radius 3 is 2.45 bits per heavy atom. The number of nitrogens with one attached hydrogen (secondary N) is 1. The lowest BCUT2D eigenvalue weighted by atomic mass is 10.1. The SMILES string of the molecule is COc1cc(Cl)c(C)cc1NC(=O)[C@@H](C)OC(=O)/C(C#N)=C/c1ccc(C)cc1. The summed E-state index contributed by atoms with van der Waals surface area (Å²) in [6.07, 6.45) is 0.288. The van der Waals surface area contributed by atoms with Crippen molar-refractivity contribution < 1.29 is 19.1 Å². The number of ether oxygens (including phenoxy) is 2. The lowest BCUT2D eigenvalue weighted by Crippen LogP contribution is -2.30. The molecule has 2 aromatic carbocycles. The first-order valence-electron chi connectivity index (χ1n) is 8.79. The van der Waals surface area contributed by atoms with Gasteiger partial charge in [-0.3, -0.25) is 4.79 Å². The quantitative estimate of drug-likeness (QED) is 0.430. The predicted molar refractivity (Wildman–Crippen MR) is 112 cm³/mol. The summed E-state index contributed by atoms with van der Waals surface area (Å²) in [5.74, 6) is -1.06. The molecular weight excluding hydrogens is 392 g/mol. The molecule has 0 radical (unpaired) electrons. The van der Waals surface area contributed by atoms with Crippen LogP contribution in [0, 0.1) is 25.2 Å². The van der Waals surface area contributed by atoms with Crippen LogP contribution in [-0.4, -0.2) is 25.1 Å². The zero-order chi connectivity index (χ0) is 21.6. The molecule has 7 heteroatoms. The molecule has 1 atom stereocenters. The standard InChI is InChI=1S/C22H21ClN2O4/c1-13-5-7-16(8-6-13)10-17(12-24)22(27)29-15(3)21(26)25-19-9-14(2)18(23)11-20(19)28-4/h5-11,15H,1-4H3,(H,25,26)/b17-10+/t15-/m1/s1. The Hall–Kier alpha value is -3.30. The molecule has 0 bridgehead atoms. The van der Waals surface area contributed by atoms with Crippen molar-refractivity contribution in [3.8, 4) is 11.8 Å². The summed E-state index contributed by atoms with van der Waals surface area (Å²) in [7, 11) is 1.45. The highest BCUT2D eigenvalue weighted by atomic mass is 35.5. The van der Waals surface area contributed by atoms with Gasteiger partial charge in [0, 0.05) is 11.1 Å². The summed E-state index contributed by atoms with van der Waals surface area (Å²) in [4.78, 5) is 24.7. The molecule has 0 aliphatic rings. The van der Waals surface area contributed by atoms with Gasteiger partial charge in [-0.15, -0.1) is 0 Å². The fourth-order valence-corrected chi connectivity index (χ4v) is 2.56. The predicted octanol–water partition coefficient (Wildman–Crippen LogP) is 4.44. The van der Waals surface area contributed by atoms with Gasteiger partial charge in [0.25, 0.3) is 5.91 Å². The third-order valence-electron chi connectivity index (χ3n) is 4.12. The van der Waals surface area contributed by atoms with E-state index in [9.17, 15) is 14.9 Å². The number of hydrogen-bond acceptors (Lipinski definition) is 5. The number of carbonyl (C=O) groups is 2. The van der Waals surface area contributed by atoms with Crippen molar-refractivity contribution in [1.82, 2.24) is 0 Å². The molecule has 0 saturated heterocycles. The van der Waals surface area contributed by atoms with E-state index in [1.54, 1.807) is 31.2 Å². The summed E-state index contributed by atoms with van der Waals surface area (Å²) in [6, 6.07) is 12.3. The number of methoxy groups -OCH3 is 1.